The van der Waals surface area contributed by atoms with Gasteiger partial charge in [-0.15, -0.1) is 0 Å². The second-order valence-electron chi connectivity index (χ2n) is 9.78. The van der Waals surface area contributed by atoms with Gasteiger partial charge >= 0.3 is 12.5 Å². The molecule has 204 valence electrons. The maximum atomic E-state index is 14.5. The van der Waals surface area contributed by atoms with Gasteiger partial charge < -0.3 is 34.2 Å². The molecular weight excluding hydrogens is 519 g/mol. The first-order valence-corrected chi connectivity index (χ1v) is 12.7. The molecule has 0 bridgehead atoms. The number of aliphatic hydroxyl groups is 2. The second-order valence-corrected chi connectivity index (χ2v) is 10.1. The molecule has 2 N–H and O–H groups in total. The van der Waals surface area contributed by atoms with Gasteiger partial charge in [-0.2, -0.15) is 15.0 Å². The number of nitrogens with zero attached hydrogens (tertiary/aromatic N) is 5. The van der Waals surface area contributed by atoms with Gasteiger partial charge in [-0.1, -0.05) is 24.9 Å². The van der Waals surface area contributed by atoms with Gasteiger partial charge in [0, 0.05) is 12.6 Å². The summed E-state index contributed by atoms with van der Waals surface area (Å²) < 4.78 is 57.9. The summed E-state index contributed by atoms with van der Waals surface area (Å²) in [5.41, 5.74) is -0.417. The van der Waals surface area contributed by atoms with E-state index in [-0.39, 0.29) is 30.3 Å². The van der Waals surface area contributed by atoms with Crippen LogP contribution in [0.3, 0.4) is 0 Å². The van der Waals surface area contributed by atoms with Crippen molar-refractivity contribution in [2.75, 3.05) is 44.4 Å². The molecule has 6 rings (SSSR count). The lowest BCUT2D eigenvalue weighted by Gasteiger charge is -2.29. The van der Waals surface area contributed by atoms with Gasteiger partial charge in [-0.05, 0) is 31.7 Å². The lowest BCUT2D eigenvalue weighted by atomic mass is 10.0. The first kappa shape index (κ1) is 26.4. The first-order valence-electron chi connectivity index (χ1n) is 12.3. The Morgan fingerprint density at radius 2 is 2.03 bits per heavy atom. The molecule has 0 aromatic carbocycles. The Labute approximate surface area is 216 Å². The Bertz CT molecular complexity index is 1130. The normalized spacial score (nSPS) is 26.6. The van der Waals surface area contributed by atoms with Gasteiger partial charge in [0.1, 0.15) is 29.9 Å². The molecule has 0 aliphatic carbocycles. The molecule has 3 fully saturated rings. The second kappa shape index (κ2) is 10.5. The molecule has 6 heterocycles. The molecule has 4 aliphatic heterocycles. The van der Waals surface area contributed by atoms with E-state index < -0.39 is 54.1 Å². The number of hydrogen-bond acceptors (Lipinski definition) is 10. The number of rotatable bonds is 3. The zero-order valence-electron chi connectivity index (χ0n) is 20.2. The van der Waals surface area contributed by atoms with Crippen molar-refractivity contribution >= 4 is 28.3 Å². The molecule has 14 heteroatoms. The van der Waals surface area contributed by atoms with E-state index in [4.69, 9.17) is 31.3 Å². The number of fused-ring (bicyclic) bond motifs is 3. The smallest absolute Gasteiger partial charge is 0.323 e. The highest BCUT2D eigenvalue weighted by atomic mass is 35.5. The maximum absolute atomic E-state index is 14.5. The highest BCUT2D eigenvalue weighted by Gasteiger charge is 2.42. The van der Waals surface area contributed by atoms with E-state index in [9.17, 15) is 13.2 Å². The lowest BCUT2D eigenvalue weighted by molar-refractivity contribution is -0.183. The Balaban J connectivity index is 0.000000233. The van der Waals surface area contributed by atoms with Crippen LogP contribution in [-0.2, 0) is 4.74 Å². The van der Waals surface area contributed by atoms with Crippen molar-refractivity contribution in [1.29, 1.82) is 0 Å². The van der Waals surface area contributed by atoms with Crippen molar-refractivity contribution < 1.29 is 37.6 Å². The Kier molecular flexibility index (Phi) is 7.51. The minimum atomic E-state index is -3.22. The van der Waals surface area contributed by atoms with Crippen LogP contribution in [0, 0.1) is 11.7 Å². The van der Waals surface area contributed by atoms with Crippen LogP contribution in [0.4, 0.5) is 19.0 Å². The van der Waals surface area contributed by atoms with E-state index in [2.05, 4.69) is 31.5 Å². The molecule has 4 aliphatic rings. The van der Waals surface area contributed by atoms with Gasteiger partial charge in [-0.3, -0.25) is 0 Å². The molecule has 0 spiro atoms. The van der Waals surface area contributed by atoms with Crippen molar-refractivity contribution in [3.05, 3.63) is 11.0 Å². The highest BCUT2D eigenvalue weighted by Crippen LogP contribution is 2.40. The van der Waals surface area contributed by atoms with Crippen LogP contribution in [0.1, 0.15) is 32.6 Å². The molecule has 0 radical (unpaired) electrons. The molecule has 3 atom stereocenters. The van der Waals surface area contributed by atoms with Gasteiger partial charge in [0.05, 0.1) is 19.2 Å². The maximum Gasteiger partial charge on any atom is 0.323 e. The van der Waals surface area contributed by atoms with E-state index in [0.29, 0.717) is 0 Å². The van der Waals surface area contributed by atoms with Crippen LogP contribution in [-0.4, -0.2) is 94.0 Å². The van der Waals surface area contributed by atoms with Crippen molar-refractivity contribution in [2.45, 2.75) is 57.1 Å². The third-order valence-electron chi connectivity index (χ3n) is 7.21. The molecule has 3 unspecified atom stereocenters. The molecule has 2 aromatic rings. The lowest BCUT2D eigenvalue weighted by Crippen LogP contribution is -2.45. The zero-order valence-corrected chi connectivity index (χ0v) is 21.0. The number of aliphatic hydroxyl groups excluding tert-OH is 1. The number of pyridine rings is 1. The Morgan fingerprint density at radius 1 is 1.22 bits per heavy atom. The third kappa shape index (κ3) is 5.51. The van der Waals surface area contributed by atoms with Gasteiger partial charge in [0.25, 0.3) is 5.92 Å². The van der Waals surface area contributed by atoms with Crippen LogP contribution < -0.4 is 14.4 Å². The van der Waals surface area contributed by atoms with Gasteiger partial charge in [0.15, 0.2) is 11.0 Å². The fourth-order valence-electron chi connectivity index (χ4n) is 5.44. The molecule has 3 saturated heterocycles. The molecule has 0 amide bonds. The zero-order chi connectivity index (χ0) is 26.3. The monoisotopic (exact) mass is 547 g/mol. The number of alkyl halides is 2. The fourth-order valence-corrected chi connectivity index (χ4v) is 5.61. The van der Waals surface area contributed by atoms with Crippen LogP contribution in [0.25, 0.3) is 10.9 Å². The number of hydrogen-bond donors (Lipinski definition) is 2. The number of anilines is 1. The standard InChI is InChI=1S/C14H12ClF3N4O5.C9H17N/c15-9-7(16)8-6-10(21-12(19-8)27-13(23)24)22-3-14(17,18)4-25-1-5(22)2-26-11(6)20-9;1-2-8-6-9-4-3-5-10(9)7-8/h5,13,23-24H,1-4H2;8-9H,2-7H2,1H3. The minimum Gasteiger partial charge on any atom is -0.475 e. The van der Waals surface area contributed by atoms with Crippen molar-refractivity contribution in [3.8, 4) is 11.9 Å². The quantitative estimate of drug-likeness (QED) is 0.439. The molecular formula is C23H29ClF3N5O5. The van der Waals surface area contributed by atoms with Crippen molar-refractivity contribution in [1.82, 2.24) is 19.9 Å². The van der Waals surface area contributed by atoms with Crippen LogP contribution in [0.15, 0.2) is 0 Å². The van der Waals surface area contributed by atoms with Crippen molar-refractivity contribution in [3.63, 3.8) is 0 Å². The van der Waals surface area contributed by atoms with Crippen LogP contribution in [0.5, 0.6) is 11.9 Å². The molecule has 37 heavy (non-hydrogen) atoms. The predicted octanol–water partition coefficient (Wildman–Crippen LogP) is 2.58. The summed E-state index contributed by atoms with van der Waals surface area (Å²) in [6.07, 6.45) is 5.83. The fraction of sp³-hybridized carbons (Fsp3) is 0.696. The highest BCUT2D eigenvalue weighted by molar-refractivity contribution is 6.30. The summed E-state index contributed by atoms with van der Waals surface area (Å²) in [6, 6.07) is -0.349. The average molecular weight is 548 g/mol. The largest absolute Gasteiger partial charge is 0.475 e. The summed E-state index contributed by atoms with van der Waals surface area (Å²) in [5, 5.41) is 17.3. The molecule has 10 nitrogen and oxygen atoms in total. The van der Waals surface area contributed by atoms with E-state index >= 15 is 0 Å². The average Bonchev–Trinajstić information content (AvgIpc) is 3.36. The van der Waals surface area contributed by atoms with E-state index in [0.717, 1.165) is 12.0 Å². The summed E-state index contributed by atoms with van der Waals surface area (Å²) in [5.74, 6) is -3.55. The van der Waals surface area contributed by atoms with Crippen LogP contribution in [0.2, 0.25) is 5.15 Å². The van der Waals surface area contributed by atoms with Gasteiger partial charge in [-0.25, -0.2) is 13.2 Å². The number of halogens is 4. The van der Waals surface area contributed by atoms with Crippen molar-refractivity contribution in [2.24, 2.45) is 5.92 Å². The van der Waals surface area contributed by atoms with Gasteiger partial charge in [0.2, 0.25) is 5.88 Å². The number of aromatic nitrogens is 3. The summed E-state index contributed by atoms with van der Waals surface area (Å²) in [7, 11) is 0. The van der Waals surface area contributed by atoms with E-state index in [1.165, 1.54) is 43.7 Å². The Hall–Kier alpha value is -2.19. The summed E-state index contributed by atoms with van der Waals surface area (Å²) >= 11 is 5.76. The predicted molar refractivity (Wildman–Crippen MR) is 127 cm³/mol. The van der Waals surface area contributed by atoms with E-state index in [1.54, 1.807) is 0 Å². The minimum absolute atomic E-state index is 0.0862. The molecule has 0 saturated carbocycles. The SMILES string of the molecule is CCC1CC2CCCN2C1.OC(O)Oc1nc2c3c(nc(Cl)c(F)c3n1)OCC1COCC(F)(F)CN21. The summed E-state index contributed by atoms with van der Waals surface area (Å²) in [6.45, 7) is 1.01. The van der Waals surface area contributed by atoms with Crippen LogP contribution >= 0.6 is 11.6 Å². The third-order valence-corrected chi connectivity index (χ3v) is 7.46. The summed E-state index contributed by atoms with van der Waals surface area (Å²) in [4.78, 5) is 15.3. The first-order chi connectivity index (χ1) is 17.6. The number of ether oxygens (including phenoxy) is 3. The topological polar surface area (TPSA) is 113 Å². The molecule has 2 aromatic heterocycles. The Morgan fingerprint density at radius 3 is 2.76 bits per heavy atom. The van der Waals surface area contributed by atoms with E-state index in [1.807, 2.05) is 0 Å².